The third-order valence-corrected chi connectivity index (χ3v) is 9.15. The van der Waals surface area contributed by atoms with E-state index in [1.165, 1.54) is 87.3 Å². The van der Waals surface area contributed by atoms with Crippen LogP contribution in [-0.2, 0) is 0 Å². The van der Waals surface area contributed by atoms with Gasteiger partial charge in [-0.3, -0.25) is 0 Å². The van der Waals surface area contributed by atoms with Crippen LogP contribution in [0.1, 0.15) is 19.4 Å². The highest BCUT2D eigenvalue weighted by molar-refractivity contribution is 6.09. The second-order valence-corrected chi connectivity index (χ2v) is 11.7. The van der Waals surface area contributed by atoms with Gasteiger partial charge >= 0.3 is 0 Å². The summed E-state index contributed by atoms with van der Waals surface area (Å²) in [4.78, 5) is 0. The van der Waals surface area contributed by atoms with Gasteiger partial charge in [0.2, 0.25) is 0 Å². The van der Waals surface area contributed by atoms with Crippen molar-refractivity contribution in [1.82, 2.24) is 4.57 Å². The SMILES string of the molecule is C/C=c1/c(-c2ccc(-n3c4ccccc4c4ccccc43)cc2)c2ccccc2c(-c2ccc3cc(C)ccc3c2)/c1=C/C. The van der Waals surface area contributed by atoms with E-state index >= 15 is 0 Å². The summed E-state index contributed by atoms with van der Waals surface area (Å²) in [6, 6.07) is 49.0. The Bertz CT molecular complexity index is 2460. The fourth-order valence-corrected chi connectivity index (χ4v) is 7.20. The van der Waals surface area contributed by atoms with E-state index in [4.69, 9.17) is 0 Å². The van der Waals surface area contributed by atoms with Gasteiger partial charge in [-0.15, -0.1) is 0 Å². The van der Waals surface area contributed by atoms with Crippen molar-refractivity contribution in [3.8, 4) is 27.9 Å². The van der Waals surface area contributed by atoms with Crippen molar-refractivity contribution in [1.29, 1.82) is 0 Å². The Balaban J connectivity index is 1.36. The molecule has 210 valence electrons. The highest BCUT2D eigenvalue weighted by Crippen LogP contribution is 2.35. The van der Waals surface area contributed by atoms with E-state index in [1.54, 1.807) is 0 Å². The van der Waals surface area contributed by atoms with Crippen LogP contribution in [0.25, 0.3) is 83.4 Å². The third kappa shape index (κ3) is 4.01. The van der Waals surface area contributed by atoms with Crippen LogP contribution in [0.3, 0.4) is 0 Å². The second-order valence-electron chi connectivity index (χ2n) is 11.7. The van der Waals surface area contributed by atoms with Crippen LogP contribution < -0.4 is 10.4 Å². The van der Waals surface area contributed by atoms with Crippen molar-refractivity contribution in [2.75, 3.05) is 0 Å². The Hall–Kier alpha value is -5.40. The van der Waals surface area contributed by atoms with Gasteiger partial charge in [-0.05, 0) is 105 Å². The number of hydrogen-bond acceptors (Lipinski definition) is 0. The molecule has 0 aliphatic rings. The van der Waals surface area contributed by atoms with E-state index in [1.807, 2.05) is 0 Å². The number of hydrogen-bond donors (Lipinski definition) is 0. The first-order chi connectivity index (χ1) is 21.7. The predicted molar refractivity (Wildman–Crippen MR) is 191 cm³/mol. The Morgan fingerprint density at radius 1 is 0.455 bits per heavy atom. The van der Waals surface area contributed by atoms with Gasteiger partial charge in [-0.25, -0.2) is 0 Å². The zero-order valence-corrected chi connectivity index (χ0v) is 25.3. The molecule has 0 saturated carbocycles. The third-order valence-electron chi connectivity index (χ3n) is 9.15. The van der Waals surface area contributed by atoms with Crippen molar-refractivity contribution < 1.29 is 0 Å². The van der Waals surface area contributed by atoms with E-state index < -0.39 is 0 Å². The van der Waals surface area contributed by atoms with Gasteiger partial charge in [-0.2, -0.15) is 0 Å². The summed E-state index contributed by atoms with van der Waals surface area (Å²) < 4.78 is 2.38. The summed E-state index contributed by atoms with van der Waals surface area (Å²) in [7, 11) is 0. The summed E-state index contributed by atoms with van der Waals surface area (Å²) in [5.41, 5.74) is 9.97. The fraction of sp³-hybridized carbons (Fsp3) is 0.0698. The van der Waals surface area contributed by atoms with E-state index in [-0.39, 0.29) is 0 Å². The summed E-state index contributed by atoms with van der Waals surface area (Å²) in [5.74, 6) is 0. The standard InChI is InChI=1S/C43H33N/c1-4-34-35(5-2)43(32-21-20-30-26-28(3)18-19-31(30)27-32)39-15-7-6-14-38(39)42(34)29-22-24-33(25-23-29)44-40-16-10-8-12-36(40)37-13-9-11-17-41(37)44/h4-27H,1-3H3/b34-4+,35-5+. The highest BCUT2D eigenvalue weighted by atomic mass is 15.0. The van der Waals surface area contributed by atoms with E-state index in [0.717, 1.165) is 0 Å². The fourth-order valence-electron chi connectivity index (χ4n) is 7.20. The van der Waals surface area contributed by atoms with Gasteiger partial charge in [-0.1, -0.05) is 121 Å². The molecule has 0 atom stereocenters. The van der Waals surface area contributed by atoms with Crippen molar-refractivity contribution in [3.05, 3.63) is 149 Å². The molecular weight excluding hydrogens is 530 g/mol. The molecule has 0 spiro atoms. The second kappa shape index (κ2) is 10.4. The van der Waals surface area contributed by atoms with Crippen molar-refractivity contribution >= 4 is 55.5 Å². The summed E-state index contributed by atoms with van der Waals surface area (Å²) in [5, 5.41) is 10.2. The van der Waals surface area contributed by atoms with Gasteiger partial charge in [0.1, 0.15) is 0 Å². The van der Waals surface area contributed by atoms with Gasteiger partial charge in [0.15, 0.2) is 0 Å². The number of rotatable bonds is 3. The van der Waals surface area contributed by atoms with Gasteiger partial charge in [0, 0.05) is 16.5 Å². The number of nitrogens with zero attached hydrogens (tertiary/aromatic N) is 1. The average molecular weight is 564 g/mol. The molecule has 0 aliphatic carbocycles. The molecule has 44 heavy (non-hydrogen) atoms. The molecule has 8 aromatic rings. The number of aromatic nitrogens is 1. The van der Waals surface area contributed by atoms with Crippen molar-refractivity contribution in [2.24, 2.45) is 0 Å². The summed E-state index contributed by atoms with van der Waals surface area (Å²) >= 11 is 0. The maximum atomic E-state index is 2.38. The molecule has 0 fully saturated rings. The molecule has 1 nitrogen and oxygen atoms in total. The Morgan fingerprint density at radius 3 is 1.52 bits per heavy atom. The van der Waals surface area contributed by atoms with Gasteiger partial charge in [0.25, 0.3) is 0 Å². The lowest BCUT2D eigenvalue weighted by Gasteiger charge is -2.17. The quantitative estimate of drug-likeness (QED) is 0.202. The average Bonchev–Trinajstić information content (AvgIpc) is 3.41. The number of aryl methyl sites for hydroxylation is 1. The number of benzene rings is 7. The zero-order valence-electron chi connectivity index (χ0n) is 25.3. The van der Waals surface area contributed by atoms with Crippen LogP contribution >= 0.6 is 0 Å². The predicted octanol–water partition coefficient (Wildman–Crippen LogP) is 10.3. The molecule has 0 unspecified atom stereocenters. The lowest BCUT2D eigenvalue weighted by atomic mass is 9.87. The summed E-state index contributed by atoms with van der Waals surface area (Å²) in [6.45, 7) is 6.49. The Kier molecular flexibility index (Phi) is 6.20. The van der Waals surface area contributed by atoms with Crippen LogP contribution in [0.5, 0.6) is 0 Å². The van der Waals surface area contributed by atoms with Crippen molar-refractivity contribution in [2.45, 2.75) is 20.8 Å². The molecule has 1 aromatic heterocycles. The number of para-hydroxylation sites is 2. The van der Waals surface area contributed by atoms with Gasteiger partial charge < -0.3 is 4.57 Å². The lowest BCUT2D eigenvalue weighted by molar-refractivity contribution is 1.18. The van der Waals surface area contributed by atoms with Crippen LogP contribution in [0, 0.1) is 6.92 Å². The van der Waals surface area contributed by atoms with E-state index in [0.29, 0.717) is 0 Å². The maximum absolute atomic E-state index is 2.38. The Labute approximate surface area is 257 Å². The molecule has 0 radical (unpaired) electrons. The topological polar surface area (TPSA) is 4.93 Å². The first kappa shape index (κ1) is 26.2. The zero-order chi connectivity index (χ0) is 29.8. The molecule has 0 saturated heterocycles. The molecule has 0 aliphatic heterocycles. The molecule has 1 heterocycles. The summed E-state index contributed by atoms with van der Waals surface area (Å²) in [6.07, 6.45) is 4.57. The molecule has 0 N–H and O–H groups in total. The Morgan fingerprint density at radius 2 is 0.932 bits per heavy atom. The van der Waals surface area contributed by atoms with E-state index in [2.05, 4.69) is 171 Å². The van der Waals surface area contributed by atoms with Crippen LogP contribution in [0.15, 0.2) is 133 Å². The lowest BCUT2D eigenvalue weighted by Crippen LogP contribution is -2.29. The minimum Gasteiger partial charge on any atom is -0.309 e. The van der Waals surface area contributed by atoms with Gasteiger partial charge in [0.05, 0.1) is 11.0 Å². The molecule has 1 heteroatoms. The van der Waals surface area contributed by atoms with Crippen LogP contribution in [0.2, 0.25) is 0 Å². The molecule has 0 bridgehead atoms. The molecule has 8 rings (SSSR count). The van der Waals surface area contributed by atoms with Crippen molar-refractivity contribution in [3.63, 3.8) is 0 Å². The molecule has 0 amide bonds. The normalized spacial score (nSPS) is 12.7. The monoisotopic (exact) mass is 563 g/mol. The highest BCUT2D eigenvalue weighted by Gasteiger charge is 2.16. The van der Waals surface area contributed by atoms with Crippen LogP contribution in [0.4, 0.5) is 0 Å². The first-order valence-corrected chi connectivity index (χ1v) is 15.4. The molecular formula is C43H33N. The number of fused-ring (bicyclic) bond motifs is 5. The minimum atomic E-state index is 1.17. The maximum Gasteiger partial charge on any atom is 0.0541 e. The largest absolute Gasteiger partial charge is 0.309 e. The molecule has 7 aromatic carbocycles. The van der Waals surface area contributed by atoms with E-state index in [9.17, 15) is 0 Å². The minimum absolute atomic E-state index is 1.17. The first-order valence-electron chi connectivity index (χ1n) is 15.4. The smallest absolute Gasteiger partial charge is 0.0541 e. The van der Waals surface area contributed by atoms with Crippen LogP contribution in [-0.4, -0.2) is 4.57 Å².